The molecule has 1 amide bonds. The van der Waals surface area contributed by atoms with Crippen molar-refractivity contribution in [1.82, 2.24) is 4.90 Å². The molecule has 0 N–H and O–H groups in total. The molecule has 0 atom stereocenters. The van der Waals surface area contributed by atoms with E-state index >= 15 is 0 Å². The molecule has 0 spiro atoms. The Morgan fingerprint density at radius 2 is 1.48 bits per heavy atom. The van der Waals surface area contributed by atoms with Crippen molar-refractivity contribution in [3.63, 3.8) is 0 Å². The molecule has 0 aliphatic carbocycles. The summed E-state index contributed by atoms with van der Waals surface area (Å²) in [6.45, 7) is 1.13. The number of methoxy groups -OCH3 is 1. The third-order valence-corrected chi connectivity index (χ3v) is 4.96. The molecule has 1 aliphatic rings. The van der Waals surface area contributed by atoms with Crippen LogP contribution in [0.4, 0.5) is 0 Å². The molecular formula is C22H25NO4. The van der Waals surface area contributed by atoms with Crippen LogP contribution < -0.4 is 0 Å². The van der Waals surface area contributed by atoms with Crippen LogP contribution in [0.5, 0.6) is 0 Å². The first kappa shape index (κ1) is 19.1. The lowest BCUT2D eigenvalue weighted by atomic mass is 9.97. The van der Waals surface area contributed by atoms with Crippen molar-refractivity contribution in [3.05, 3.63) is 71.8 Å². The second-order valence-electron chi connectivity index (χ2n) is 6.69. The first-order chi connectivity index (χ1) is 13.2. The third-order valence-electron chi connectivity index (χ3n) is 4.96. The van der Waals surface area contributed by atoms with Crippen LogP contribution in [0.2, 0.25) is 0 Å². The minimum absolute atomic E-state index is 0.0113. The molecule has 2 aromatic rings. The first-order valence-corrected chi connectivity index (χ1v) is 9.26. The van der Waals surface area contributed by atoms with Crippen molar-refractivity contribution in [2.45, 2.75) is 18.9 Å². The van der Waals surface area contributed by atoms with Crippen LogP contribution in [0.3, 0.4) is 0 Å². The van der Waals surface area contributed by atoms with Crippen LogP contribution in [-0.2, 0) is 19.1 Å². The van der Waals surface area contributed by atoms with Crippen molar-refractivity contribution in [2.24, 2.45) is 5.92 Å². The predicted octanol–water partition coefficient (Wildman–Crippen LogP) is 3.20. The van der Waals surface area contributed by atoms with E-state index in [-0.39, 0.29) is 30.5 Å². The number of likely N-dealkylation sites (tertiary alicyclic amines) is 1. The van der Waals surface area contributed by atoms with Gasteiger partial charge in [0.05, 0.1) is 13.0 Å². The predicted molar refractivity (Wildman–Crippen MR) is 102 cm³/mol. The summed E-state index contributed by atoms with van der Waals surface area (Å²) in [4.78, 5) is 26.0. The zero-order valence-corrected chi connectivity index (χ0v) is 15.5. The van der Waals surface area contributed by atoms with E-state index < -0.39 is 0 Å². The molecule has 1 aliphatic heterocycles. The van der Waals surface area contributed by atoms with Crippen LogP contribution in [0.25, 0.3) is 0 Å². The van der Waals surface area contributed by atoms with E-state index in [0.29, 0.717) is 25.9 Å². The highest BCUT2D eigenvalue weighted by Gasteiger charge is 2.28. The number of amides is 1. The molecular weight excluding hydrogens is 342 g/mol. The van der Waals surface area contributed by atoms with Crippen molar-refractivity contribution in [2.75, 3.05) is 26.8 Å². The Morgan fingerprint density at radius 1 is 0.963 bits per heavy atom. The number of benzene rings is 2. The number of esters is 1. The van der Waals surface area contributed by atoms with Gasteiger partial charge in [-0.1, -0.05) is 60.7 Å². The molecule has 142 valence electrons. The molecule has 1 heterocycles. The fourth-order valence-electron chi connectivity index (χ4n) is 3.42. The van der Waals surface area contributed by atoms with Gasteiger partial charge in [-0.3, -0.25) is 9.59 Å². The lowest BCUT2D eigenvalue weighted by Gasteiger charge is -2.31. The highest BCUT2D eigenvalue weighted by molar-refractivity contribution is 5.78. The highest BCUT2D eigenvalue weighted by atomic mass is 16.5. The van der Waals surface area contributed by atoms with Crippen LogP contribution in [-0.4, -0.2) is 43.6 Å². The van der Waals surface area contributed by atoms with E-state index in [9.17, 15) is 9.59 Å². The van der Waals surface area contributed by atoms with Gasteiger partial charge in [-0.05, 0) is 24.0 Å². The van der Waals surface area contributed by atoms with Crippen molar-refractivity contribution in [3.8, 4) is 0 Å². The Balaban J connectivity index is 1.61. The average Bonchev–Trinajstić information content (AvgIpc) is 2.75. The van der Waals surface area contributed by atoms with E-state index in [1.54, 1.807) is 4.90 Å². The van der Waals surface area contributed by atoms with Crippen molar-refractivity contribution >= 4 is 11.9 Å². The molecule has 3 rings (SSSR count). The smallest absolute Gasteiger partial charge is 0.308 e. The number of ether oxygens (including phenoxy) is 2. The standard InChI is InChI=1S/C22H25NO4/c1-26-22(25)19-12-14-23(15-13-19)20(24)16-27-21(17-8-4-2-5-9-17)18-10-6-3-7-11-18/h2-11,19,21H,12-16H2,1H3. The summed E-state index contributed by atoms with van der Waals surface area (Å²) in [6, 6.07) is 19.8. The summed E-state index contributed by atoms with van der Waals surface area (Å²) < 4.78 is 10.8. The maximum atomic E-state index is 12.6. The van der Waals surface area contributed by atoms with Gasteiger partial charge in [0.15, 0.2) is 0 Å². The Bertz CT molecular complexity index is 700. The Kier molecular flexibility index (Phi) is 6.60. The lowest BCUT2D eigenvalue weighted by Crippen LogP contribution is -2.42. The molecule has 0 bridgehead atoms. The van der Waals surface area contributed by atoms with E-state index in [2.05, 4.69) is 0 Å². The fraction of sp³-hybridized carbons (Fsp3) is 0.364. The van der Waals surface area contributed by atoms with E-state index in [1.165, 1.54) is 7.11 Å². The van der Waals surface area contributed by atoms with Crippen LogP contribution in [0.1, 0.15) is 30.1 Å². The maximum absolute atomic E-state index is 12.6. The summed E-state index contributed by atoms with van der Waals surface area (Å²) in [7, 11) is 1.40. The largest absolute Gasteiger partial charge is 0.469 e. The van der Waals surface area contributed by atoms with Gasteiger partial charge in [-0.2, -0.15) is 0 Å². The topological polar surface area (TPSA) is 55.8 Å². The van der Waals surface area contributed by atoms with E-state index in [4.69, 9.17) is 9.47 Å². The van der Waals surface area contributed by atoms with Crippen LogP contribution >= 0.6 is 0 Å². The Hall–Kier alpha value is -2.66. The number of rotatable bonds is 6. The molecule has 5 heteroatoms. The Labute approximate surface area is 159 Å². The van der Waals surface area contributed by atoms with Gasteiger partial charge in [0.1, 0.15) is 12.7 Å². The van der Waals surface area contributed by atoms with Crippen molar-refractivity contribution < 1.29 is 19.1 Å². The van der Waals surface area contributed by atoms with Gasteiger partial charge in [0.2, 0.25) is 5.91 Å². The summed E-state index contributed by atoms with van der Waals surface area (Å²) in [5.74, 6) is -0.344. The molecule has 27 heavy (non-hydrogen) atoms. The number of hydrogen-bond donors (Lipinski definition) is 0. The number of hydrogen-bond acceptors (Lipinski definition) is 4. The van der Waals surface area contributed by atoms with Gasteiger partial charge in [-0.15, -0.1) is 0 Å². The minimum Gasteiger partial charge on any atom is -0.469 e. The average molecular weight is 367 g/mol. The molecule has 0 unspecified atom stereocenters. The third kappa shape index (κ3) is 4.95. The Morgan fingerprint density at radius 3 is 1.96 bits per heavy atom. The van der Waals surface area contributed by atoms with Gasteiger partial charge in [0, 0.05) is 13.1 Å². The molecule has 0 saturated carbocycles. The quantitative estimate of drug-likeness (QED) is 0.736. The lowest BCUT2D eigenvalue weighted by molar-refractivity contribution is -0.150. The number of nitrogens with zero attached hydrogens (tertiary/aromatic N) is 1. The monoisotopic (exact) mass is 367 g/mol. The molecule has 1 saturated heterocycles. The van der Waals surface area contributed by atoms with Crippen LogP contribution in [0, 0.1) is 5.92 Å². The van der Waals surface area contributed by atoms with Gasteiger partial charge in [0.25, 0.3) is 0 Å². The fourth-order valence-corrected chi connectivity index (χ4v) is 3.42. The number of piperidine rings is 1. The highest BCUT2D eigenvalue weighted by Crippen LogP contribution is 2.26. The van der Waals surface area contributed by atoms with Gasteiger partial charge < -0.3 is 14.4 Å². The van der Waals surface area contributed by atoms with E-state index in [0.717, 1.165) is 11.1 Å². The molecule has 0 radical (unpaired) electrons. The summed E-state index contributed by atoms with van der Waals surface area (Å²) >= 11 is 0. The molecule has 0 aromatic heterocycles. The SMILES string of the molecule is COC(=O)C1CCN(C(=O)COC(c2ccccc2)c2ccccc2)CC1. The summed E-state index contributed by atoms with van der Waals surface area (Å²) in [6.07, 6.45) is 0.988. The molecule has 1 fully saturated rings. The van der Waals surface area contributed by atoms with Gasteiger partial charge >= 0.3 is 5.97 Å². The summed E-state index contributed by atoms with van der Waals surface area (Å²) in [5.41, 5.74) is 2.03. The second-order valence-corrected chi connectivity index (χ2v) is 6.69. The zero-order valence-electron chi connectivity index (χ0n) is 15.5. The first-order valence-electron chi connectivity index (χ1n) is 9.26. The summed E-state index contributed by atoms with van der Waals surface area (Å²) in [5, 5.41) is 0. The molecule has 2 aromatic carbocycles. The van der Waals surface area contributed by atoms with E-state index in [1.807, 2.05) is 60.7 Å². The number of carbonyl (C=O) groups is 2. The van der Waals surface area contributed by atoms with Crippen molar-refractivity contribution in [1.29, 1.82) is 0 Å². The van der Waals surface area contributed by atoms with Crippen LogP contribution in [0.15, 0.2) is 60.7 Å². The van der Waals surface area contributed by atoms with Gasteiger partial charge in [-0.25, -0.2) is 0 Å². The zero-order chi connectivity index (χ0) is 19.1. The number of carbonyl (C=O) groups excluding carboxylic acids is 2. The normalized spacial score (nSPS) is 15.0. The maximum Gasteiger partial charge on any atom is 0.308 e. The molecule has 5 nitrogen and oxygen atoms in total. The second kappa shape index (κ2) is 9.33. The minimum atomic E-state index is -0.288.